The fourth-order valence-electron chi connectivity index (χ4n) is 3.38. The Bertz CT molecular complexity index is 1250. The van der Waals surface area contributed by atoms with Gasteiger partial charge in [0.2, 0.25) is 10.0 Å². The largest absolute Gasteiger partial charge is 0.295 e. The van der Waals surface area contributed by atoms with E-state index in [0.29, 0.717) is 5.71 Å². The molecule has 0 aromatic heterocycles. The molecule has 3 rings (SSSR count). The summed E-state index contributed by atoms with van der Waals surface area (Å²) < 4.78 is 26.7. The highest BCUT2D eigenvalue weighted by molar-refractivity contribution is 7.89. The van der Waals surface area contributed by atoms with Crippen LogP contribution in [0, 0.1) is 10.1 Å². The molecular weight excluding hydrogens is 416 g/mol. The molecule has 0 saturated carbocycles. The highest BCUT2D eigenvalue weighted by Crippen LogP contribution is 2.29. The molecule has 0 bridgehead atoms. The van der Waals surface area contributed by atoms with Gasteiger partial charge >= 0.3 is 0 Å². The van der Waals surface area contributed by atoms with Gasteiger partial charge in [-0.05, 0) is 29.8 Å². The normalized spacial score (nSPS) is 12.3. The third kappa shape index (κ3) is 4.57. The van der Waals surface area contributed by atoms with E-state index in [1.807, 2.05) is 42.5 Å². The van der Waals surface area contributed by atoms with Gasteiger partial charge in [-0.1, -0.05) is 56.3 Å². The van der Waals surface area contributed by atoms with E-state index in [-0.39, 0.29) is 29.4 Å². The van der Waals surface area contributed by atoms with Crippen molar-refractivity contribution in [3.63, 3.8) is 0 Å². The van der Waals surface area contributed by atoms with Crippen molar-refractivity contribution in [1.82, 2.24) is 4.31 Å². The zero-order chi connectivity index (χ0) is 22.6. The Hall–Kier alpha value is -3.30. The number of rotatable bonds is 8. The van der Waals surface area contributed by atoms with Gasteiger partial charge in [-0.3, -0.25) is 15.5 Å². The van der Waals surface area contributed by atoms with Crippen LogP contribution in [-0.4, -0.2) is 36.4 Å². The van der Waals surface area contributed by atoms with Gasteiger partial charge in [-0.25, -0.2) is 8.42 Å². The summed E-state index contributed by atoms with van der Waals surface area (Å²) in [6.07, 6.45) is 0. The minimum absolute atomic E-state index is 0.114. The molecule has 0 fully saturated rings. The van der Waals surface area contributed by atoms with Gasteiger partial charge in [0.05, 0.1) is 15.5 Å². The lowest BCUT2D eigenvalue weighted by molar-refractivity contribution is -0.384. The molecule has 3 aromatic carbocycles. The minimum Gasteiger partial charge on any atom is -0.271 e. The summed E-state index contributed by atoms with van der Waals surface area (Å²) in [7, 11) is -3.81. The van der Waals surface area contributed by atoms with E-state index in [1.165, 1.54) is 16.4 Å². The lowest BCUT2D eigenvalue weighted by Crippen LogP contribution is -2.30. The van der Waals surface area contributed by atoms with Crippen molar-refractivity contribution in [2.75, 3.05) is 18.5 Å². The van der Waals surface area contributed by atoms with Crippen LogP contribution in [0.5, 0.6) is 0 Å². The van der Waals surface area contributed by atoms with E-state index < -0.39 is 14.9 Å². The maximum absolute atomic E-state index is 12.7. The zero-order valence-corrected chi connectivity index (χ0v) is 18.4. The van der Waals surface area contributed by atoms with Crippen LogP contribution in [-0.2, 0) is 10.0 Å². The van der Waals surface area contributed by atoms with E-state index in [4.69, 9.17) is 0 Å². The number of nitro groups is 1. The molecule has 9 heteroatoms. The molecule has 0 heterocycles. The van der Waals surface area contributed by atoms with E-state index >= 15 is 0 Å². The molecule has 162 valence electrons. The standard InChI is InChI=1S/C22H24N4O4S/c1-4-25(5-2)31(29,30)18-13-14-21(22(15-18)26(27)28)24-23-16(3)19-12-8-10-17-9-6-7-11-20(17)19/h6-15,24H,4-5H2,1-3H3/b23-16-. The molecule has 0 saturated heterocycles. The van der Waals surface area contributed by atoms with Gasteiger partial charge in [0, 0.05) is 24.7 Å². The monoisotopic (exact) mass is 440 g/mol. The van der Waals surface area contributed by atoms with Crippen LogP contribution in [0.25, 0.3) is 10.8 Å². The molecule has 1 N–H and O–H groups in total. The smallest absolute Gasteiger partial charge is 0.271 e. The summed E-state index contributed by atoms with van der Waals surface area (Å²) in [4.78, 5) is 10.9. The van der Waals surface area contributed by atoms with Gasteiger partial charge in [0.15, 0.2) is 0 Å². The predicted octanol–water partition coefficient (Wildman–Crippen LogP) is 4.61. The number of anilines is 1. The third-order valence-electron chi connectivity index (χ3n) is 5.03. The van der Waals surface area contributed by atoms with Crippen molar-refractivity contribution < 1.29 is 13.3 Å². The van der Waals surface area contributed by atoms with Crippen molar-refractivity contribution in [2.45, 2.75) is 25.7 Å². The summed E-state index contributed by atoms with van der Waals surface area (Å²) in [5.41, 5.74) is 4.03. The lowest BCUT2D eigenvalue weighted by atomic mass is 10.0. The number of hydrogen-bond acceptors (Lipinski definition) is 6. The molecule has 0 spiro atoms. The average molecular weight is 441 g/mol. The summed E-state index contributed by atoms with van der Waals surface area (Å²) in [6, 6.07) is 17.5. The van der Waals surface area contributed by atoms with Gasteiger partial charge in [0.25, 0.3) is 5.69 Å². The second-order valence-electron chi connectivity index (χ2n) is 6.86. The van der Waals surface area contributed by atoms with Crippen molar-refractivity contribution in [1.29, 1.82) is 0 Å². The second-order valence-corrected chi connectivity index (χ2v) is 8.80. The first kappa shape index (κ1) is 22.4. The average Bonchev–Trinajstić information content (AvgIpc) is 2.77. The van der Waals surface area contributed by atoms with Crippen LogP contribution >= 0.6 is 0 Å². The minimum atomic E-state index is -3.81. The molecule has 0 aliphatic heterocycles. The Balaban J connectivity index is 1.97. The van der Waals surface area contributed by atoms with Crippen molar-refractivity contribution in [3.05, 3.63) is 76.3 Å². The molecule has 0 aliphatic carbocycles. The van der Waals surface area contributed by atoms with Crippen molar-refractivity contribution in [2.24, 2.45) is 5.10 Å². The van der Waals surface area contributed by atoms with Crippen molar-refractivity contribution >= 4 is 37.9 Å². The maximum Gasteiger partial charge on any atom is 0.295 e. The maximum atomic E-state index is 12.7. The molecule has 0 aliphatic rings. The van der Waals surface area contributed by atoms with E-state index in [2.05, 4.69) is 10.5 Å². The number of nitrogens with one attached hydrogen (secondary N) is 1. The highest BCUT2D eigenvalue weighted by Gasteiger charge is 2.25. The molecule has 0 amide bonds. The van der Waals surface area contributed by atoms with E-state index in [9.17, 15) is 18.5 Å². The first-order chi connectivity index (χ1) is 14.8. The predicted molar refractivity (Wildman–Crippen MR) is 123 cm³/mol. The molecule has 0 atom stereocenters. The molecule has 31 heavy (non-hydrogen) atoms. The van der Waals surface area contributed by atoms with Gasteiger partial charge in [0.1, 0.15) is 5.69 Å². The van der Waals surface area contributed by atoms with Gasteiger partial charge in [-0.15, -0.1) is 0 Å². The van der Waals surface area contributed by atoms with Crippen LogP contribution < -0.4 is 5.43 Å². The number of sulfonamides is 1. The molecule has 0 unspecified atom stereocenters. The van der Waals surface area contributed by atoms with E-state index in [1.54, 1.807) is 20.8 Å². The number of nitrogens with zero attached hydrogens (tertiary/aromatic N) is 3. The molecule has 8 nitrogen and oxygen atoms in total. The quantitative estimate of drug-likeness (QED) is 0.313. The van der Waals surface area contributed by atoms with Crippen LogP contribution in [0.4, 0.5) is 11.4 Å². The third-order valence-corrected chi connectivity index (χ3v) is 7.08. The molecule has 3 aromatic rings. The Morgan fingerprint density at radius 3 is 2.42 bits per heavy atom. The first-order valence-electron chi connectivity index (χ1n) is 9.86. The van der Waals surface area contributed by atoms with Crippen LogP contribution in [0.3, 0.4) is 0 Å². The summed E-state index contributed by atoms with van der Waals surface area (Å²) in [5, 5.41) is 18.0. The number of hydrogen-bond donors (Lipinski definition) is 1. The van der Waals surface area contributed by atoms with Crippen molar-refractivity contribution in [3.8, 4) is 0 Å². The number of hydrazone groups is 1. The molecular formula is C22H24N4O4S. The highest BCUT2D eigenvalue weighted by atomic mass is 32.2. The Kier molecular flexibility index (Phi) is 6.67. The second kappa shape index (κ2) is 9.23. The first-order valence-corrected chi connectivity index (χ1v) is 11.3. The summed E-state index contributed by atoms with van der Waals surface area (Å²) in [6.45, 7) is 5.80. The Morgan fingerprint density at radius 2 is 1.74 bits per heavy atom. The van der Waals surface area contributed by atoms with Crippen LogP contribution in [0.15, 0.2) is 70.7 Å². The fraction of sp³-hybridized carbons (Fsp3) is 0.227. The summed E-state index contributed by atoms with van der Waals surface area (Å²) >= 11 is 0. The number of fused-ring (bicyclic) bond motifs is 1. The topological polar surface area (TPSA) is 105 Å². The Labute approximate surface area is 181 Å². The lowest BCUT2D eigenvalue weighted by Gasteiger charge is -2.18. The van der Waals surface area contributed by atoms with Gasteiger partial charge in [-0.2, -0.15) is 9.41 Å². The van der Waals surface area contributed by atoms with Crippen LogP contribution in [0.1, 0.15) is 26.3 Å². The zero-order valence-electron chi connectivity index (χ0n) is 17.6. The molecule has 0 radical (unpaired) electrons. The Morgan fingerprint density at radius 1 is 1.06 bits per heavy atom. The number of benzene rings is 3. The van der Waals surface area contributed by atoms with E-state index in [0.717, 1.165) is 22.4 Å². The summed E-state index contributed by atoms with van der Waals surface area (Å²) in [5.74, 6) is 0. The number of nitro benzene ring substituents is 1. The van der Waals surface area contributed by atoms with Gasteiger partial charge < -0.3 is 0 Å². The SMILES string of the molecule is CCN(CC)S(=O)(=O)c1ccc(N/N=C(/C)c2cccc3ccccc23)c([N+](=O)[O-])c1. The van der Waals surface area contributed by atoms with Crippen LogP contribution in [0.2, 0.25) is 0 Å². The fourth-order valence-corrected chi connectivity index (χ4v) is 4.85.